The Morgan fingerprint density at radius 3 is 2.44 bits per heavy atom. The molecule has 0 atom stereocenters. The number of benzene rings is 1. The number of anilines is 1. The van der Waals surface area contributed by atoms with Gasteiger partial charge in [-0.05, 0) is 68.4 Å². The summed E-state index contributed by atoms with van der Waals surface area (Å²) in [5.41, 5.74) is 2.49. The molecule has 3 fully saturated rings. The third-order valence-corrected chi connectivity index (χ3v) is 7.07. The van der Waals surface area contributed by atoms with Crippen LogP contribution in [-0.4, -0.2) is 61.7 Å². The number of hydrogen-bond donors (Lipinski definition) is 1. The second-order valence-electron chi connectivity index (χ2n) is 9.73. The summed E-state index contributed by atoms with van der Waals surface area (Å²) in [5.74, 6) is 1.19. The van der Waals surface area contributed by atoms with Crippen molar-refractivity contribution in [1.82, 2.24) is 30.0 Å². The lowest BCUT2D eigenvalue weighted by Crippen LogP contribution is -2.43. The van der Waals surface area contributed by atoms with Crippen LogP contribution in [0.5, 0.6) is 0 Å². The number of aromatic nitrogens is 4. The summed E-state index contributed by atoms with van der Waals surface area (Å²) in [5, 5.41) is 15.5. The summed E-state index contributed by atoms with van der Waals surface area (Å²) in [4.78, 5) is 30.0. The molecule has 0 unspecified atom stereocenters. The Morgan fingerprint density at radius 2 is 1.74 bits per heavy atom. The molecule has 1 N–H and O–H groups in total. The molecule has 176 valence electrons. The van der Waals surface area contributed by atoms with Crippen molar-refractivity contribution in [3.05, 3.63) is 53.9 Å². The molecular weight excluding hydrogens is 430 g/mol. The second-order valence-corrected chi connectivity index (χ2v) is 9.73. The Balaban J connectivity index is 1.07. The third kappa shape index (κ3) is 4.47. The lowest BCUT2D eigenvalue weighted by atomic mass is 9.94. The van der Waals surface area contributed by atoms with E-state index in [2.05, 4.69) is 30.4 Å². The van der Waals surface area contributed by atoms with Crippen LogP contribution in [0.4, 0.5) is 5.82 Å². The molecule has 3 aromatic rings. The van der Waals surface area contributed by atoms with Gasteiger partial charge in [0.1, 0.15) is 12.1 Å². The predicted octanol–water partition coefficient (Wildman–Crippen LogP) is 2.42. The average Bonchev–Trinajstić information content (AvgIpc) is 3.81. The van der Waals surface area contributed by atoms with E-state index < -0.39 is 0 Å². The maximum Gasteiger partial charge on any atom is 0.251 e. The molecule has 0 radical (unpaired) electrons. The van der Waals surface area contributed by atoms with Gasteiger partial charge in [-0.2, -0.15) is 4.52 Å². The van der Waals surface area contributed by atoms with Crippen LogP contribution < -0.4 is 10.2 Å². The van der Waals surface area contributed by atoms with Gasteiger partial charge in [-0.3, -0.25) is 9.59 Å². The number of carbonyl (C=O) groups excluding carboxylic acids is 2. The fourth-order valence-corrected chi connectivity index (χ4v) is 4.70. The van der Waals surface area contributed by atoms with Gasteiger partial charge >= 0.3 is 0 Å². The largest absolute Gasteiger partial charge is 0.355 e. The zero-order valence-corrected chi connectivity index (χ0v) is 19.1. The van der Waals surface area contributed by atoms with Gasteiger partial charge in [-0.25, -0.2) is 0 Å². The summed E-state index contributed by atoms with van der Waals surface area (Å²) in [6.45, 7) is 2.22. The molecule has 2 amide bonds. The van der Waals surface area contributed by atoms with Crippen LogP contribution in [0.1, 0.15) is 54.4 Å². The van der Waals surface area contributed by atoms with Crippen molar-refractivity contribution in [2.75, 3.05) is 18.0 Å². The van der Waals surface area contributed by atoms with E-state index in [1.54, 1.807) is 10.8 Å². The summed E-state index contributed by atoms with van der Waals surface area (Å²) < 4.78 is 1.68. The Hall–Kier alpha value is -3.49. The predicted molar refractivity (Wildman–Crippen MR) is 126 cm³/mol. The molecule has 2 aromatic heterocycles. The second kappa shape index (κ2) is 8.70. The Labute approximate surface area is 198 Å². The van der Waals surface area contributed by atoms with Crippen LogP contribution in [0.15, 0.2) is 42.7 Å². The monoisotopic (exact) mass is 459 g/mol. The standard InChI is InChI=1S/C25H29N7O2/c33-24(27-20-5-6-20)18-3-1-17(2-4-18)15-31(21-7-8-21)25(34)19-11-13-30(14-12-19)23-10-9-22-28-26-16-32(22)29-23/h1-4,9-10,16,19-21H,5-8,11-15H2,(H,27,33). The zero-order valence-electron chi connectivity index (χ0n) is 19.1. The van der Waals surface area contributed by atoms with E-state index in [4.69, 9.17) is 0 Å². The zero-order chi connectivity index (χ0) is 23.1. The SMILES string of the molecule is O=C(NC1CC1)c1ccc(CN(C(=O)C2CCN(c3ccc4nncn4n3)CC2)C2CC2)cc1. The van der Waals surface area contributed by atoms with Crippen molar-refractivity contribution in [2.45, 2.75) is 57.2 Å². The van der Waals surface area contributed by atoms with Crippen molar-refractivity contribution in [2.24, 2.45) is 5.92 Å². The Morgan fingerprint density at radius 1 is 0.971 bits per heavy atom. The van der Waals surface area contributed by atoms with Crippen molar-refractivity contribution in [1.29, 1.82) is 0 Å². The number of nitrogens with zero attached hydrogens (tertiary/aromatic N) is 6. The van der Waals surface area contributed by atoms with Crippen LogP contribution in [0.3, 0.4) is 0 Å². The van der Waals surface area contributed by atoms with E-state index >= 15 is 0 Å². The maximum atomic E-state index is 13.5. The first-order valence-electron chi connectivity index (χ1n) is 12.3. The van der Waals surface area contributed by atoms with Gasteiger partial charge in [-0.1, -0.05) is 12.1 Å². The molecule has 2 aliphatic carbocycles. The van der Waals surface area contributed by atoms with Crippen molar-refractivity contribution < 1.29 is 9.59 Å². The molecule has 2 saturated carbocycles. The highest BCUT2D eigenvalue weighted by atomic mass is 16.2. The van der Waals surface area contributed by atoms with Crippen LogP contribution in [0.25, 0.3) is 5.65 Å². The van der Waals surface area contributed by atoms with Crippen LogP contribution in [-0.2, 0) is 11.3 Å². The summed E-state index contributed by atoms with van der Waals surface area (Å²) in [6, 6.07) is 12.3. The first-order chi connectivity index (χ1) is 16.6. The maximum absolute atomic E-state index is 13.5. The van der Waals surface area contributed by atoms with E-state index in [9.17, 15) is 9.59 Å². The molecule has 0 spiro atoms. The van der Waals surface area contributed by atoms with Gasteiger partial charge in [-0.15, -0.1) is 15.3 Å². The van der Waals surface area contributed by atoms with E-state index in [-0.39, 0.29) is 17.7 Å². The van der Waals surface area contributed by atoms with Gasteiger partial charge < -0.3 is 15.1 Å². The fourth-order valence-electron chi connectivity index (χ4n) is 4.70. The Bertz CT molecular complexity index is 1190. The normalized spacial score (nSPS) is 18.8. The first-order valence-corrected chi connectivity index (χ1v) is 12.3. The molecule has 6 rings (SSSR count). The molecule has 9 heteroatoms. The van der Waals surface area contributed by atoms with Crippen LogP contribution in [0, 0.1) is 5.92 Å². The molecule has 0 bridgehead atoms. The highest BCUT2D eigenvalue weighted by molar-refractivity contribution is 5.94. The molecule has 1 saturated heterocycles. The molecule has 9 nitrogen and oxygen atoms in total. The topological polar surface area (TPSA) is 95.7 Å². The average molecular weight is 460 g/mol. The minimum Gasteiger partial charge on any atom is -0.355 e. The number of piperidine rings is 1. The van der Waals surface area contributed by atoms with E-state index in [0.717, 1.165) is 68.6 Å². The molecule has 3 heterocycles. The molecule has 34 heavy (non-hydrogen) atoms. The minimum absolute atomic E-state index is 0.00567. The lowest BCUT2D eigenvalue weighted by Gasteiger charge is -2.35. The summed E-state index contributed by atoms with van der Waals surface area (Å²) in [6.07, 6.45) is 7.57. The lowest BCUT2D eigenvalue weighted by molar-refractivity contribution is -0.137. The van der Waals surface area contributed by atoms with E-state index in [0.29, 0.717) is 24.2 Å². The number of amides is 2. The molecule has 3 aliphatic rings. The molecule has 1 aliphatic heterocycles. The highest BCUT2D eigenvalue weighted by Crippen LogP contribution is 2.32. The highest BCUT2D eigenvalue weighted by Gasteiger charge is 2.37. The quantitative estimate of drug-likeness (QED) is 0.583. The number of rotatable bonds is 7. The number of carbonyl (C=O) groups is 2. The number of fused-ring (bicyclic) bond motifs is 1. The van der Waals surface area contributed by atoms with Gasteiger partial charge in [0.2, 0.25) is 5.91 Å². The summed E-state index contributed by atoms with van der Waals surface area (Å²) >= 11 is 0. The first kappa shape index (κ1) is 21.1. The summed E-state index contributed by atoms with van der Waals surface area (Å²) in [7, 11) is 0. The number of hydrogen-bond acceptors (Lipinski definition) is 6. The van der Waals surface area contributed by atoms with Gasteiger partial charge in [0.25, 0.3) is 5.91 Å². The molecular formula is C25H29N7O2. The van der Waals surface area contributed by atoms with Crippen molar-refractivity contribution in [3.8, 4) is 0 Å². The van der Waals surface area contributed by atoms with Crippen LogP contribution >= 0.6 is 0 Å². The van der Waals surface area contributed by atoms with E-state index in [1.165, 1.54) is 0 Å². The smallest absolute Gasteiger partial charge is 0.251 e. The van der Waals surface area contributed by atoms with Crippen molar-refractivity contribution >= 4 is 23.3 Å². The van der Waals surface area contributed by atoms with Gasteiger partial charge in [0, 0.05) is 43.2 Å². The molecule has 1 aromatic carbocycles. The fraction of sp³-hybridized carbons (Fsp3) is 0.480. The van der Waals surface area contributed by atoms with Crippen molar-refractivity contribution in [3.63, 3.8) is 0 Å². The minimum atomic E-state index is -0.00567. The van der Waals surface area contributed by atoms with Gasteiger partial charge in [0.05, 0.1) is 0 Å². The third-order valence-electron chi connectivity index (χ3n) is 7.07. The Kier molecular flexibility index (Phi) is 5.39. The van der Waals surface area contributed by atoms with Gasteiger partial charge in [0.15, 0.2) is 5.65 Å². The van der Waals surface area contributed by atoms with Crippen LogP contribution in [0.2, 0.25) is 0 Å². The van der Waals surface area contributed by atoms with E-state index in [1.807, 2.05) is 36.4 Å². The number of nitrogens with one attached hydrogen (secondary N) is 1.